The summed E-state index contributed by atoms with van der Waals surface area (Å²) in [6.45, 7) is 13.3. The van der Waals surface area contributed by atoms with Crippen molar-refractivity contribution in [2.45, 2.75) is 78.6 Å². The summed E-state index contributed by atoms with van der Waals surface area (Å²) in [6.07, 6.45) is 3.22. The number of hydrogen-bond acceptors (Lipinski definition) is 2. The zero-order valence-electron chi connectivity index (χ0n) is 17.5. The monoisotopic (exact) mass is 383 g/mol. The van der Waals surface area contributed by atoms with E-state index in [0.29, 0.717) is 17.8 Å². The summed E-state index contributed by atoms with van der Waals surface area (Å²) >= 11 is 0. The summed E-state index contributed by atoms with van der Waals surface area (Å²) < 4.78 is 19.0. The molecule has 0 fully saturated rings. The molecule has 3 heteroatoms. The lowest BCUT2D eigenvalue weighted by Gasteiger charge is -2.16. The molecule has 0 radical (unpaired) electrons. The third-order valence-corrected chi connectivity index (χ3v) is 7.44. The second kappa shape index (κ2) is 8.15. The fourth-order valence-corrected chi connectivity index (χ4v) is 4.80. The highest BCUT2D eigenvalue weighted by molar-refractivity contribution is 7.37. The van der Waals surface area contributed by atoms with Gasteiger partial charge in [-0.3, -0.25) is 0 Å². The largest absolute Gasteiger partial charge is 0.597 e. The van der Waals surface area contributed by atoms with Gasteiger partial charge < -0.3 is 0 Å². The van der Waals surface area contributed by atoms with E-state index in [1.807, 2.05) is 0 Å². The Morgan fingerprint density at radius 3 is 2.07 bits per heavy atom. The van der Waals surface area contributed by atoms with Gasteiger partial charge in [-0.1, -0.05) is 53.7 Å². The van der Waals surface area contributed by atoms with Crippen molar-refractivity contribution in [3.8, 4) is 0 Å². The van der Waals surface area contributed by atoms with Crippen molar-refractivity contribution in [1.82, 2.24) is 0 Å². The Morgan fingerprint density at radius 2 is 1.44 bits per heavy atom. The van der Waals surface area contributed by atoms with Gasteiger partial charge in [0.15, 0.2) is 5.58 Å². The Morgan fingerprint density at radius 1 is 0.815 bits per heavy atom. The molecule has 0 spiro atoms. The van der Waals surface area contributed by atoms with E-state index < -0.39 is 7.65 Å². The molecule has 0 bridgehead atoms. The molecule has 0 saturated carbocycles. The number of hydrogen-bond donors (Lipinski definition) is 0. The molecule has 0 aliphatic rings. The van der Waals surface area contributed by atoms with Crippen LogP contribution in [-0.2, 0) is 4.57 Å². The molecule has 0 N–H and O–H groups in total. The molecule has 4 atom stereocenters. The number of fused-ring (bicyclic) bond motifs is 3. The molecule has 2 aromatic carbocycles. The van der Waals surface area contributed by atoms with Gasteiger partial charge in [0, 0.05) is 16.3 Å². The maximum Gasteiger partial charge on any atom is 0.597 e. The van der Waals surface area contributed by atoms with E-state index in [-0.39, 0.29) is 0 Å². The molecule has 1 heterocycles. The minimum atomic E-state index is -1.86. The molecule has 3 rings (SSSR count). The lowest BCUT2D eigenvalue weighted by molar-refractivity contribution is 0.561. The van der Waals surface area contributed by atoms with E-state index in [0.717, 1.165) is 40.7 Å². The van der Waals surface area contributed by atoms with Gasteiger partial charge in [-0.15, -0.1) is 0 Å². The second-order valence-electron chi connectivity index (χ2n) is 8.04. The van der Waals surface area contributed by atoms with Crippen LogP contribution in [0.25, 0.3) is 21.5 Å². The van der Waals surface area contributed by atoms with Crippen LogP contribution in [0.15, 0.2) is 34.5 Å². The number of rotatable bonds is 6. The van der Waals surface area contributed by atoms with Crippen molar-refractivity contribution in [1.29, 1.82) is 0 Å². The van der Waals surface area contributed by atoms with E-state index in [2.05, 4.69) is 71.9 Å². The SMILES string of the molecule is CCC(C)c1cc(C(C)CC)c2o[p+](=O)c3cc(C(C)CC)ccc3c2c1. The van der Waals surface area contributed by atoms with Crippen molar-refractivity contribution in [3.05, 3.63) is 47.0 Å². The predicted molar refractivity (Wildman–Crippen MR) is 117 cm³/mol. The molecule has 4 unspecified atom stereocenters. The predicted octanol–water partition coefficient (Wildman–Crippen LogP) is 8.87. The minimum absolute atomic E-state index is 0.382. The summed E-state index contributed by atoms with van der Waals surface area (Å²) in [5.74, 6) is 1.34. The van der Waals surface area contributed by atoms with Crippen LogP contribution in [0.3, 0.4) is 0 Å². The van der Waals surface area contributed by atoms with Crippen molar-refractivity contribution < 1.29 is 8.76 Å². The standard InChI is InChI=1S/C24H32O2P/c1-7-15(4)18-10-11-20-22-13-19(16(5)8-2)12-21(17(6)9-3)24(22)26-27(25)23(20)14-18/h10-17H,7-9H2,1-6H3/q+1. The Labute approximate surface area is 163 Å². The zero-order valence-corrected chi connectivity index (χ0v) is 18.4. The van der Waals surface area contributed by atoms with E-state index in [1.165, 1.54) is 16.7 Å². The third kappa shape index (κ3) is 3.69. The second-order valence-corrected chi connectivity index (χ2v) is 9.22. The van der Waals surface area contributed by atoms with Crippen LogP contribution < -0.4 is 0 Å². The molecule has 0 amide bonds. The first-order valence-electron chi connectivity index (χ1n) is 10.4. The molecule has 0 aliphatic heterocycles. The van der Waals surface area contributed by atoms with Gasteiger partial charge in [0.2, 0.25) is 5.12 Å². The quantitative estimate of drug-likeness (QED) is 0.398. The first-order chi connectivity index (χ1) is 12.9. The minimum Gasteiger partial charge on any atom is -0.249 e. The van der Waals surface area contributed by atoms with Gasteiger partial charge in [-0.25, -0.2) is 4.20 Å². The zero-order chi connectivity index (χ0) is 19.7. The summed E-state index contributed by atoms with van der Waals surface area (Å²) in [6, 6.07) is 11.0. The van der Waals surface area contributed by atoms with E-state index in [4.69, 9.17) is 4.20 Å². The molecule has 3 aromatic rings. The van der Waals surface area contributed by atoms with Gasteiger partial charge >= 0.3 is 7.65 Å². The summed E-state index contributed by atoms with van der Waals surface area (Å²) in [5.41, 5.74) is 4.63. The normalized spacial score (nSPS) is 15.9. The third-order valence-electron chi connectivity index (χ3n) is 6.33. The fourth-order valence-electron chi connectivity index (χ4n) is 3.68. The van der Waals surface area contributed by atoms with Gasteiger partial charge in [0.1, 0.15) is 0 Å². The van der Waals surface area contributed by atoms with Crippen LogP contribution in [0.1, 0.15) is 95.2 Å². The summed E-state index contributed by atoms with van der Waals surface area (Å²) in [4.78, 5) is 0. The average Bonchev–Trinajstić information content (AvgIpc) is 2.71. The van der Waals surface area contributed by atoms with Crippen LogP contribution in [0.5, 0.6) is 0 Å². The molecule has 144 valence electrons. The van der Waals surface area contributed by atoms with Crippen molar-refractivity contribution in [2.75, 3.05) is 0 Å². The molecular weight excluding hydrogens is 351 g/mol. The molecule has 0 saturated heterocycles. The molecule has 1 aromatic heterocycles. The van der Waals surface area contributed by atoms with Crippen LogP contribution in [0.4, 0.5) is 0 Å². The van der Waals surface area contributed by atoms with E-state index >= 15 is 0 Å². The van der Waals surface area contributed by atoms with Crippen LogP contribution in [0.2, 0.25) is 0 Å². The maximum absolute atomic E-state index is 13.0. The fraction of sp³-hybridized carbons (Fsp3) is 0.500. The molecule has 2 nitrogen and oxygen atoms in total. The highest BCUT2D eigenvalue weighted by atomic mass is 31.1. The van der Waals surface area contributed by atoms with Crippen LogP contribution in [-0.4, -0.2) is 0 Å². The Hall–Kier alpha value is -1.66. The summed E-state index contributed by atoms with van der Waals surface area (Å²) in [5, 5.41) is 3.05. The van der Waals surface area contributed by atoms with Crippen LogP contribution >= 0.6 is 7.65 Å². The first-order valence-corrected chi connectivity index (χ1v) is 11.6. The lowest BCUT2D eigenvalue weighted by atomic mass is 9.89. The highest BCUT2D eigenvalue weighted by Gasteiger charge is 2.23. The number of benzene rings is 2. The Bertz CT molecular complexity index is 1020. The van der Waals surface area contributed by atoms with Crippen molar-refractivity contribution >= 4 is 29.1 Å². The highest BCUT2D eigenvalue weighted by Crippen LogP contribution is 2.42. The smallest absolute Gasteiger partial charge is 0.249 e. The average molecular weight is 383 g/mol. The van der Waals surface area contributed by atoms with Gasteiger partial charge in [0.25, 0.3) is 0 Å². The van der Waals surface area contributed by atoms with Crippen LogP contribution in [0, 0.1) is 0 Å². The van der Waals surface area contributed by atoms with E-state index in [1.54, 1.807) is 0 Å². The lowest BCUT2D eigenvalue weighted by Crippen LogP contribution is -1.99. The molecule has 0 aliphatic carbocycles. The topological polar surface area (TPSA) is 30.2 Å². The Balaban J connectivity index is 2.39. The summed E-state index contributed by atoms with van der Waals surface area (Å²) in [7, 11) is -1.86. The van der Waals surface area contributed by atoms with E-state index in [9.17, 15) is 4.57 Å². The molecular formula is C24H32O2P+. The Kier molecular flexibility index (Phi) is 6.06. The van der Waals surface area contributed by atoms with Crippen molar-refractivity contribution in [3.63, 3.8) is 0 Å². The van der Waals surface area contributed by atoms with Crippen molar-refractivity contribution in [2.24, 2.45) is 0 Å². The van der Waals surface area contributed by atoms with Gasteiger partial charge in [-0.2, -0.15) is 0 Å². The van der Waals surface area contributed by atoms with Gasteiger partial charge in [0.05, 0.1) is 0 Å². The maximum atomic E-state index is 13.0. The van der Waals surface area contributed by atoms with Gasteiger partial charge in [-0.05, 0) is 70.9 Å². The first kappa shape index (κ1) is 20.1. The molecule has 27 heavy (non-hydrogen) atoms.